The smallest absolute Gasteiger partial charge is 0.268 e. The lowest BCUT2D eigenvalue weighted by molar-refractivity contribution is 0.0926. The van der Waals surface area contributed by atoms with Crippen molar-refractivity contribution < 1.29 is 9.59 Å². The topological polar surface area (TPSA) is 59.6 Å². The third-order valence-corrected chi connectivity index (χ3v) is 9.42. The number of pyridine rings is 1. The van der Waals surface area contributed by atoms with Crippen molar-refractivity contribution in [3.8, 4) is 39.1 Å². The molecule has 8 aromatic rings. The van der Waals surface area contributed by atoms with Crippen LogP contribution < -0.4 is 4.90 Å². The summed E-state index contributed by atoms with van der Waals surface area (Å²) in [5, 5.41) is 2.03. The van der Waals surface area contributed by atoms with Crippen LogP contribution >= 0.6 is 0 Å². The number of imide groups is 1. The van der Waals surface area contributed by atoms with E-state index in [4.69, 9.17) is 6.57 Å². The maximum Gasteiger partial charge on any atom is 0.268 e. The average Bonchev–Trinajstić information content (AvgIpc) is 3.65. The van der Waals surface area contributed by atoms with Gasteiger partial charge in [0, 0.05) is 28.7 Å². The molecular weight excluding hydrogens is 617 g/mol. The predicted octanol–water partition coefficient (Wildman–Crippen LogP) is 10.5. The molecule has 50 heavy (non-hydrogen) atoms. The number of anilines is 1. The highest BCUT2D eigenvalue weighted by Crippen LogP contribution is 2.44. The Balaban J connectivity index is 1.26. The molecule has 2 amide bonds. The zero-order valence-electron chi connectivity index (χ0n) is 26.6. The number of rotatable bonds is 5. The van der Waals surface area contributed by atoms with Gasteiger partial charge in [-0.3, -0.25) is 14.6 Å². The summed E-state index contributed by atoms with van der Waals surface area (Å²) in [5.41, 5.74) is 9.46. The first kappa shape index (κ1) is 29.1. The van der Waals surface area contributed by atoms with Crippen molar-refractivity contribution in [2.75, 3.05) is 4.90 Å². The summed E-state index contributed by atoms with van der Waals surface area (Å²) in [6, 6.07) is 47.3. The lowest BCUT2D eigenvalue weighted by Gasteiger charge is -2.22. The van der Waals surface area contributed by atoms with Gasteiger partial charge in [0.25, 0.3) is 11.8 Å². The molecule has 9 rings (SSSR count). The first-order valence-corrected chi connectivity index (χ1v) is 16.2. The number of nitrogens with zero attached hydrogens (tertiary/aromatic N) is 4. The van der Waals surface area contributed by atoms with Crippen LogP contribution in [0.1, 0.15) is 20.7 Å². The molecule has 6 nitrogen and oxygen atoms in total. The van der Waals surface area contributed by atoms with Crippen LogP contribution in [0.5, 0.6) is 0 Å². The molecule has 0 saturated heterocycles. The van der Waals surface area contributed by atoms with E-state index >= 15 is 0 Å². The molecule has 0 N–H and O–H groups in total. The van der Waals surface area contributed by atoms with Gasteiger partial charge in [-0.1, -0.05) is 109 Å². The van der Waals surface area contributed by atoms with Gasteiger partial charge >= 0.3 is 0 Å². The van der Waals surface area contributed by atoms with E-state index < -0.39 is 0 Å². The molecule has 0 radical (unpaired) electrons. The summed E-state index contributed by atoms with van der Waals surface area (Å²) in [7, 11) is 0. The van der Waals surface area contributed by atoms with Gasteiger partial charge in [-0.2, -0.15) is 0 Å². The van der Waals surface area contributed by atoms with Gasteiger partial charge in [0.15, 0.2) is 0 Å². The van der Waals surface area contributed by atoms with E-state index in [0.29, 0.717) is 28.2 Å². The molecule has 6 aromatic carbocycles. The molecule has 1 aliphatic heterocycles. The summed E-state index contributed by atoms with van der Waals surface area (Å²) in [6.45, 7) is 7.47. The van der Waals surface area contributed by atoms with Crippen LogP contribution in [0.25, 0.3) is 65.7 Å². The Hall–Kier alpha value is -7.10. The Morgan fingerprint density at radius 1 is 0.500 bits per heavy atom. The molecule has 3 heterocycles. The molecule has 0 fully saturated rings. The molecule has 1 aliphatic rings. The SMILES string of the molecule is [C-]#[N+]c1cncc(-c2ccc3c4ccccc4n(-c4cccc5c4C(=O)N(c4cccc(-c6ccccc6)c4-c4ccccc4)C5=O)c3c2)c1. The second kappa shape index (κ2) is 11.6. The molecule has 0 spiro atoms. The van der Waals surface area contributed by atoms with Gasteiger partial charge < -0.3 is 4.57 Å². The molecule has 0 bridgehead atoms. The minimum atomic E-state index is -0.376. The Morgan fingerprint density at radius 2 is 1.18 bits per heavy atom. The Kier molecular flexibility index (Phi) is 6.72. The summed E-state index contributed by atoms with van der Waals surface area (Å²) in [5.74, 6) is -0.739. The number of hydrogen-bond donors (Lipinski definition) is 0. The number of amides is 2. The van der Waals surface area contributed by atoms with Crippen LogP contribution in [0.2, 0.25) is 0 Å². The summed E-state index contributed by atoms with van der Waals surface area (Å²) >= 11 is 0. The standard InChI is InChI=1S/C44H26N4O2/c1-45-32-24-31(26-46-27-32)30-22-23-35-34-16-8-9-19-37(34)47(40(35)25-30)39-21-11-18-36-42(39)44(50)48(43(36)49)38-20-10-17-33(28-12-4-2-5-13-28)41(38)29-14-6-3-7-15-29/h2-27H. The van der Waals surface area contributed by atoms with Crippen LogP contribution in [-0.2, 0) is 0 Å². The van der Waals surface area contributed by atoms with E-state index in [-0.39, 0.29) is 11.8 Å². The molecule has 0 unspecified atom stereocenters. The number of para-hydroxylation sites is 1. The number of benzene rings is 6. The number of carbonyl (C=O) groups is 2. The van der Waals surface area contributed by atoms with Crippen LogP contribution in [0.4, 0.5) is 11.4 Å². The van der Waals surface area contributed by atoms with Crippen molar-refractivity contribution in [1.29, 1.82) is 0 Å². The number of fused-ring (bicyclic) bond motifs is 4. The van der Waals surface area contributed by atoms with E-state index in [9.17, 15) is 9.59 Å². The molecule has 0 saturated carbocycles. The molecular formula is C44H26N4O2. The van der Waals surface area contributed by atoms with Crippen LogP contribution in [0.15, 0.2) is 158 Å². The number of aromatic nitrogens is 2. The third-order valence-electron chi connectivity index (χ3n) is 9.42. The van der Waals surface area contributed by atoms with Crippen molar-refractivity contribution in [3.63, 3.8) is 0 Å². The number of hydrogen-bond acceptors (Lipinski definition) is 3. The summed E-state index contributed by atoms with van der Waals surface area (Å²) in [6.07, 6.45) is 3.30. The second-order valence-electron chi connectivity index (χ2n) is 12.2. The van der Waals surface area contributed by atoms with Crippen molar-refractivity contribution in [2.24, 2.45) is 0 Å². The first-order chi connectivity index (χ1) is 24.6. The molecule has 0 atom stereocenters. The lowest BCUT2D eigenvalue weighted by atomic mass is 9.92. The zero-order valence-corrected chi connectivity index (χ0v) is 26.6. The average molecular weight is 643 g/mol. The monoisotopic (exact) mass is 642 g/mol. The Bertz CT molecular complexity index is 2710. The zero-order chi connectivity index (χ0) is 33.8. The maximum atomic E-state index is 14.8. The highest BCUT2D eigenvalue weighted by atomic mass is 16.2. The maximum absolute atomic E-state index is 14.8. The normalized spacial score (nSPS) is 12.4. The van der Waals surface area contributed by atoms with Crippen LogP contribution in [0, 0.1) is 6.57 Å². The fraction of sp³-hybridized carbons (Fsp3) is 0. The molecule has 6 heteroatoms. The fourth-order valence-electron chi connectivity index (χ4n) is 7.22. The van der Waals surface area contributed by atoms with Gasteiger partial charge in [0.05, 0.1) is 40.1 Å². The Morgan fingerprint density at radius 3 is 1.96 bits per heavy atom. The van der Waals surface area contributed by atoms with E-state index in [1.165, 1.54) is 4.90 Å². The van der Waals surface area contributed by atoms with Crippen molar-refractivity contribution in [2.45, 2.75) is 0 Å². The van der Waals surface area contributed by atoms with E-state index in [1.807, 2.05) is 121 Å². The molecule has 0 aliphatic carbocycles. The summed E-state index contributed by atoms with van der Waals surface area (Å²) in [4.78, 5) is 38.5. The second-order valence-corrected chi connectivity index (χ2v) is 12.2. The van der Waals surface area contributed by atoms with E-state index in [0.717, 1.165) is 55.2 Å². The van der Waals surface area contributed by atoms with Gasteiger partial charge in [-0.25, -0.2) is 9.74 Å². The van der Waals surface area contributed by atoms with Crippen LogP contribution in [0.3, 0.4) is 0 Å². The Labute approximate surface area is 287 Å². The third kappa shape index (κ3) is 4.45. The van der Waals surface area contributed by atoms with Gasteiger partial charge in [0.2, 0.25) is 5.69 Å². The van der Waals surface area contributed by atoms with Gasteiger partial charge in [-0.05, 0) is 64.2 Å². The lowest BCUT2D eigenvalue weighted by Crippen LogP contribution is -2.30. The molecule has 2 aromatic heterocycles. The van der Waals surface area contributed by atoms with Crippen molar-refractivity contribution in [3.05, 3.63) is 181 Å². The van der Waals surface area contributed by atoms with Crippen molar-refractivity contribution >= 4 is 45.0 Å². The van der Waals surface area contributed by atoms with E-state index in [1.54, 1.807) is 18.5 Å². The number of carbonyl (C=O) groups excluding carboxylic acids is 2. The van der Waals surface area contributed by atoms with Gasteiger partial charge in [-0.15, -0.1) is 0 Å². The largest absolute Gasteiger partial charge is 0.308 e. The van der Waals surface area contributed by atoms with Gasteiger partial charge in [0.1, 0.15) is 0 Å². The molecule has 234 valence electrons. The van der Waals surface area contributed by atoms with E-state index in [2.05, 4.69) is 32.6 Å². The highest BCUT2D eigenvalue weighted by molar-refractivity contribution is 6.36. The first-order valence-electron chi connectivity index (χ1n) is 16.2. The van der Waals surface area contributed by atoms with Crippen molar-refractivity contribution in [1.82, 2.24) is 9.55 Å². The highest BCUT2D eigenvalue weighted by Gasteiger charge is 2.40. The quantitative estimate of drug-likeness (QED) is 0.139. The predicted molar refractivity (Wildman–Crippen MR) is 199 cm³/mol. The fourth-order valence-corrected chi connectivity index (χ4v) is 7.22. The minimum Gasteiger partial charge on any atom is -0.308 e. The minimum absolute atomic E-state index is 0.353. The summed E-state index contributed by atoms with van der Waals surface area (Å²) < 4.78 is 2.08. The van der Waals surface area contributed by atoms with Crippen LogP contribution in [-0.4, -0.2) is 21.4 Å².